The van der Waals surface area contributed by atoms with Gasteiger partial charge < -0.3 is 14.4 Å². The molecule has 0 bridgehead atoms. The van der Waals surface area contributed by atoms with Crippen LogP contribution in [0.2, 0.25) is 0 Å². The fraction of sp³-hybridized carbons (Fsp3) is 0.194. The Bertz CT molecular complexity index is 1300. The summed E-state index contributed by atoms with van der Waals surface area (Å²) in [5.41, 5.74) is 4.76. The highest BCUT2D eigenvalue weighted by atomic mass is 19.1. The summed E-state index contributed by atoms with van der Waals surface area (Å²) in [5.74, 6) is 0.478. The molecule has 0 radical (unpaired) electrons. The topological polar surface area (TPSA) is 38.8 Å². The molecule has 0 unspecified atom stereocenters. The zero-order valence-corrected chi connectivity index (χ0v) is 20.4. The van der Waals surface area contributed by atoms with Gasteiger partial charge in [-0.05, 0) is 58.5 Å². The molecule has 1 aliphatic heterocycles. The van der Waals surface area contributed by atoms with Crippen LogP contribution in [0.4, 0.5) is 4.39 Å². The maximum Gasteiger partial charge on any atom is 0.235 e. The fourth-order valence-electron chi connectivity index (χ4n) is 5.12. The highest BCUT2D eigenvalue weighted by molar-refractivity contribution is 5.88. The first kappa shape index (κ1) is 23.6. The molecule has 36 heavy (non-hydrogen) atoms. The molecule has 1 amide bonds. The van der Waals surface area contributed by atoms with Crippen molar-refractivity contribution in [1.29, 1.82) is 0 Å². The van der Waals surface area contributed by atoms with Crippen LogP contribution in [0.25, 0.3) is 0 Å². The first-order chi connectivity index (χ1) is 17.6. The van der Waals surface area contributed by atoms with E-state index in [-0.39, 0.29) is 11.7 Å². The van der Waals surface area contributed by atoms with Gasteiger partial charge in [0.25, 0.3) is 0 Å². The van der Waals surface area contributed by atoms with E-state index in [1.54, 1.807) is 26.4 Å². The smallest absolute Gasteiger partial charge is 0.235 e. The van der Waals surface area contributed by atoms with Gasteiger partial charge in [-0.3, -0.25) is 4.79 Å². The van der Waals surface area contributed by atoms with Gasteiger partial charge in [-0.1, -0.05) is 72.8 Å². The lowest BCUT2D eigenvalue weighted by Gasteiger charge is -2.40. The number of halogens is 1. The molecular formula is C31H28FNO3. The average Bonchev–Trinajstić information content (AvgIpc) is 2.93. The number of ether oxygens (including phenoxy) is 2. The number of hydrogen-bond acceptors (Lipinski definition) is 3. The van der Waals surface area contributed by atoms with Gasteiger partial charge in [0, 0.05) is 6.54 Å². The summed E-state index contributed by atoms with van der Waals surface area (Å²) in [5, 5.41) is 0. The molecule has 4 nitrogen and oxygen atoms in total. The van der Waals surface area contributed by atoms with Crippen LogP contribution in [0, 0.1) is 5.82 Å². The second kappa shape index (κ2) is 10.2. The van der Waals surface area contributed by atoms with Crippen LogP contribution in [0.3, 0.4) is 0 Å². The third-order valence-electron chi connectivity index (χ3n) is 6.86. The standard InChI is InChI=1S/C31H28FNO3/c1-35-27-19-24-17-18-33(30(26(24)20-28(27)36-2)23-13-15-25(32)16-14-23)31(34)29(21-9-5-3-6-10-21)22-11-7-4-8-12-22/h3-16,19-20,29-30H,17-18H2,1-2H3/t30-/m1/s1. The van der Waals surface area contributed by atoms with Crippen LogP contribution in [0.1, 0.15) is 39.8 Å². The van der Waals surface area contributed by atoms with Crippen LogP contribution in [0.5, 0.6) is 11.5 Å². The van der Waals surface area contributed by atoms with Crippen LogP contribution < -0.4 is 9.47 Å². The Hall–Kier alpha value is -4.12. The highest BCUT2D eigenvalue weighted by Gasteiger charge is 2.37. The molecule has 0 N–H and O–H groups in total. The number of methoxy groups -OCH3 is 2. The third-order valence-corrected chi connectivity index (χ3v) is 6.86. The minimum atomic E-state index is -0.461. The van der Waals surface area contributed by atoms with Crippen molar-refractivity contribution in [1.82, 2.24) is 4.90 Å². The van der Waals surface area contributed by atoms with Crippen molar-refractivity contribution in [2.45, 2.75) is 18.4 Å². The molecule has 0 saturated heterocycles. The first-order valence-electron chi connectivity index (χ1n) is 12.0. The van der Waals surface area contributed by atoms with Crippen molar-refractivity contribution in [3.05, 3.63) is 131 Å². The maximum atomic E-state index is 14.4. The highest BCUT2D eigenvalue weighted by Crippen LogP contribution is 2.42. The van der Waals surface area contributed by atoms with Crippen molar-refractivity contribution in [2.75, 3.05) is 20.8 Å². The molecule has 4 aromatic carbocycles. The van der Waals surface area contributed by atoms with E-state index in [0.717, 1.165) is 27.8 Å². The van der Waals surface area contributed by atoms with E-state index in [4.69, 9.17) is 9.47 Å². The molecule has 5 rings (SSSR count). The minimum absolute atomic E-state index is 0.00200. The maximum absolute atomic E-state index is 14.4. The predicted molar refractivity (Wildman–Crippen MR) is 138 cm³/mol. The van der Waals surface area contributed by atoms with E-state index in [9.17, 15) is 9.18 Å². The number of carbonyl (C=O) groups excluding carboxylic acids is 1. The molecule has 0 aromatic heterocycles. The number of amides is 1. The molecule has 0 fully saturated rings. The summed E-state index contributed by atoms with van der Waals surface area (Å²) >= 11 is 0. The van der Waals surface area contributed by atoms with Gasteiger partial charge in [-0.25, -0.2) is 4.39 Å². The Kier molecular flexibility index (Phi) is 6.72. The number of nitrogens with zero attached hydrogens (tertiary/aromatic N) is 1. The monoisotopic (exact) mass is 481 g/mol. The second-order valence-electron chi connectivity index (χ2n) is 8.90. The van der Waals surface area contributed by atoms with E-state index < -0.39 is 12.0 Å². The quantitative estimate of drug-likeness (QED) is 0.332. The fourth-order valence-corrected chi connectivity index (χ4v) is 5.12. The molecule has 0 spiro atoms. The van der Waals surface area contributed by atoms with Gasteiger partial charge in [-0.15, -0.1) is 0 Å². The van der Waals surface area contributed by atoms with Crippen molar-refractivity contribution in [2.24, 2.45) is 0 Å². The van der Waals surface area contributed by atoms with Gasteiger partial charge in [-0.2, -0.15) is 0 Å². The summed E-state index contributed by atoms with van der Waals surface area (Å²) in [6.07, 6.45) is 0.676. The molecule has 4 aromatic rings. The zero-order valence-electron chi connectivity index (χ0n) is 20.4. The number of fused-ring (bicyclic) bond motifs is 1. The van der Waals surface area contributed by atoms with Crippen LogP contribution >= 0.6 is 0 Å². The Morgan fingerprint density at radius 3 is 1.94 bits per heavy atom. The summed E-state index contributed by atoms with van der Waals surface area (Å²) in [6, 6.07) is 29.6. The van der Waals surface area contributed by atoms with E-state index in [0.29, 0.717) is 24.5 Å². The van der Waals surface area contributed by atoms with Gasteiger partial charge in [0.1, 0.15) is 5.82 Å². The SMILES string of the molecule is COc1cc2c(cc1OC)[C@@H](c1ccc(F)cc1)N(C(=O)C(c1ccccc1)c1ccccc1)CC2. The minimum Gasteiger partial charge on any atom is -0.493 e. The third kappa shape index (κ3) is 4.44. The van der Waals surface area contributed by atoms with Gasteiger partial charge >= 0.3 is 0 Å². The molecular weight excluding hydrogens is 453 g/mol. The Labute approximate surface area is 210 Å². The zero-order chi connectivity index (χ0) is 25.1. The van der Waals surface area contributed by atoms with Crippen LogP contribution in [0.15, 0.2) is 97.1 Å². The van der Waals surface area contributed by atoms with Crippen molar-refractivity contribution in [3.8, 4) is 11.5 Å². The molecule has 1 atom stereocenters. The lowest BCUT2D eigenvalue weighted by Crippen LogP contribution is -2.43. The normalized spacial score (nSPS) is 14.9. The van der Waals surface area contributed by atoms with Gasteiger partial charge in [0.15, 0.2) is 11.5 Å². The molecule has 182 valence electrons. The lowest BCUT2D eigenvalue weighted by molar-refractivity contribution is -0.134. The summed E-state index contributed by atoms with van der Waals surface area (Å²) in [4.78, 5) is 16.4. The number of benzene rings is 4. The predicted octanol–water partition coefficient (Wildman–Crippen LogP) is 6.15. The number of carbonyl (C=O) groups is 1. The molecule has 1 aliphatic rings. The summed E-state index contributed by atoms with van der Waals surface area (Å²) in [6.45, 7) is 0.527. The van der Waals surface area contributed by atoms with E-state index in [2.05, 4.69) is 0 Å². The summed E-state index contributed by atoms with van der Waals surface area (Å²) < 4.78 is 25.0. The molecule has 0 saturated carbocycles. The lowest BCUT2D eigenvalue weighted by atomic mass is 9.84. The van der Waals surface area contributed by atoms with Gasteiger partial charge in [0.05, 0.1) is 26.2 Å². The van der Waals surface area contributed by atoms with Crippen molar-refractivity contribution < 1.29 is 18.7 Å². The largest absolute Gasteiger partial charge is 0.493 e. The molecule has 5 heteroatoms. The number of rotatable bonds is 6. The average molecular weight is 482 g/mol. The van der Waals surface area contributed by atoms with Crippen LogP contribution in [-0.4, -0.2) is 31.6 Å². The summed E-state index contributed by atoms with van der Waals surface area (Å²) in [7, 11) is 3.22. The molecule has 1 heterocycles. The van der Waals surface area contributed by atoms with E-state index in [1.807, 2.05) is 77.7 Å². The van der Waals surface area contributed by atoms with Crippen molar-refractivity contribution >= 4 is 5.91 Å². The van der Waals surface area contributed by atoms with Crippen LogP contribution in [-0.2, 0) is 11.2 Å². The Morgan fingerprint density at radius 2 is 1.39 bits per heavy atom. The second-order valence-corrected chi connectivity index (χ2v) is 8.90. The van der Waals surface area contributed by atoms with E-state index in [1.165, 1.54) is 12.1 Å². The van der Waals surface area contributed by atoms with E-state index >= 15 is 0 Å². The van der Waals surface area contributed by atoms with Gasteiger partial charge in [0.2, 0.25) is 5.91 Å². The Balaban J connectivity index is 1.65. The van der Waals surface area contributed by atoms with Crippen molar-refractivity contribution in [3.63, 3.8) is 0 Å². The Morgan fingerprint density at radius 1 is 0.833 bits per heavy atom. The first-order valence-corrected chi connectivity index (χ1v) is 12.0. The number of hydrogen-bond donors (Lipinski definition) is 0. The molecule has 0 aliphatic carbocycles.